The molecule has 2 aromatic carbocycles. The number of aryl methyl sites for hydroxylation is 2. The lowest BCUT2D eigenvalue weighted by molar-refractivity contribution is 0.0985. The number of likely N-dealkylation sites (N-methyl/N-ethyl adjacent to an activating group) is 1. The van der Waals surface area contributed by atoms with Gasteiger partial charge in [-0.15, -0.1) is 0 Å². The number of amides is 1. The van der Waals surface area contributed by atoms with E-state index in [4.69, 9.17) is 9.72 Å². The SMILES string of the molecule is COc1ccc2nc(N(CCN(C)C)C(=O)c3ccc4c(c3)CCCC4)sc2c1. The zero-order chi connectivity index (χ0) is 20.4. The number of hydrogen-bond donors (Lipinski definition) is 0. The van der Waals surface area contributed by atoms with Gasteiger partial charge in [0.25, 0.3) is 5.91 Å². The highest BCUT2D eigenvalue weighted by Gasteiger charge is 2.23. The molecule has 4 rings (SSSR count). The number of carbonyl (C=O) groups is 1. The van der Waals surface area contributed by atoms with E-state index in [9.17, 15) is 4.79 Å². The van der Waals surface area contributed by atoms with Crippen LogP contribution in [-0.4, -0.2) is 50.1 Å². The van der Waals surface area contributed by atoms with Crippen molar-refractivity contribution in [3.8, 4) is 5.75 Å². The van der Waals surface area contributed by atoms with Gasteiger partial charge in [0.15, 0.2) is 5.13 Å². The normalized spacial score (nSPS) is 13.5. The van der Waals surface area contributed by atoms with Gasteiger partial charge >= 0.3 is 0 Å². The number of aromatic nitrogens is 1. The standard InChI is InChI=1S/C23H27N3O2S/c1-25(2)12-13-26(23-24-20-11-10-19(28-3)15-21(20)29-23)22(27)18-9-8-16-6-4-5-7-17(16)14-18/h8-11,14-15H,4-7,12-13H2,1-3H3. The molecule has 1 amide bonds. The number of carbonyl (C=O) groups excluding carboxylic acids is 1. The van der Waals surface area contributed by atoms with Crippen molar-refractivity contribution in [2.24, 2.45) is 0 Å². The van der Waals surface area contributed by atoms with Crippen LogP contribution in [0.1, 0.15) is 34.3 Å². The Hall–Kier alpha value is -2.44. The number of fused-ring (bicyclic) bond motifs is 2. The lowest BCUT2D eigenvalue weighted by atomic mass is 9.90. The van der Waals surface area contributed by atoms with Crippen LogP contribution in [0.25, 0.3) is 10.2 Å². The van der Waals surface area contributed by atoms with Gasteiger partial charge in [0.05, 0.1) is 17.3 Å². The molecule has 0 saturated heterocycles. The monoisotopic (exact) mass is 409 g/mol. The third-order valence-electron chi connectivity index (χ3n) is 5.43. The largest absolute Gasteiger partial charge is 0.497 e. The van der Waals surface area contributed by atoms with Crippen LogP contribution in [0.2, 0.25) is 0 Å². The average Bonchev–Trinajstić information content (AvgIpc) is 3.15. The molecule has 0 unspecified atom stereocenters. The summed E-state index contributed by atoms with van der Waals surface area (Å²) in [5.74, 6) is 0.819. The summed E-state index contributed by atoms with van der Waals surface area (Å²) < 4.78 is 6.35. The summed E-state index contributed by atoms with van der Waals surface area (Å²) in [5, 5.41) is 0.734. The third-order valence-corrected chi connectivity index (χ3v) is 6.47. The number of benzene rings is 2. The highest BCUT2D eigenvalue weighted by atomic mass is 32.1. The minimum atomic E-state index is 0.0197. The van der Waals surface area contributed by atoms with E-state index in [2.05, 4.69) is 17.0 Å². The Kier molecular flexibility index (Phi) is 5.83. The van der Waals surface area contributed by atoms with Gasteiger partial charge in [-0.2, -0.15) is 0 Å². The second-order valence-corrected chi connectivity index (χ2v) is 8.79. The second-order valence-electron chi connectivity index (χ2n) is 7.78. The Morgan fingerprint density at radius 2 is 1.86 bits per heavy atom. The number of ether oxygens (including phenoxy) is 1. The zero-order valence-corrected chi connectivity index (χ0v) is 18.1. The molecule has 0 saturated carbocycles. The molecule has 1 aliphatic carbocycles. The average molecular weight is 410 g/mol. The Balaban J connectivity index is 1.68. The Labute approximate surface area is 175 Å². The molecule has 29 heavy (non-hydrogen) atoms. The van der Waals surface area contributed by atoms with Crippen LogP contribution in [0.5, 0.6) is 5.75 Å². The predicted molar refractivity (Wildman–Crippen MR) is 119 cm³/mol. The summed E-state index contributed by atoms with van der Waals surface area (Å²) in [7, 11) is 5.70. The molecule has 5 nitrogen and oxygen atoms in total. The van der Waals surface area contributed by atoms with Crippen LogP contribution in [0.15, 0.2) is 36.4 Å². The second kappa shape index (κ2) is 8.51. The summed E-state index contributed by atoms with van der Waals surface area (Å²) >= 11 is 1.53. The first-order valence-corrected chi connectivity index (χ1v) is 10.9. The molecule has 6 heteroatoms. The van der Waals surface area contributed by atoms with Crippen molar-refractivity contribution in [2.75, 3.05) is 39.2 Å². The van der Waals surface area contributed by atoms with Crippen molar-refractivity contribution in [1.29, 1.82) is 0 Å². The van der Waals surface area contributed by atoms with Crippen LogP contribution in [0.4, 0.5) is 5.13 Å². The van der Waals surface area contributed by atoms with Crippen LogP contribution in [-0.2, 0) is 12.8 Å². The molecule has 0 fully saturated rings. The Bertz CT molecular complexity index is 1030. The molecular weight excluding hydrogens is 382 g/mol. The van der Waals surface area contributed by atoms with Gasteiger partial charge in [0.2, 0.25) is 0 Å². The number of nitrogens with zero attached hydrogens (tertiary/aromatic N) is 3. The van der Waals surface area contributed by atoms with Crippen LogP contribution >= 0.6 is 11.3 Å². The molecule has 0 bridgehead atoms. The fraction of sp³-hybridized carbons (Fsp3) is 0.391. The maximum atomic E-state index is 13.5. The van der Waals surface area contributed by atoms with Gasteiger partial charge in [-0.25, -0.2) is 4.98 Å². The highest BCUT2D eigenvalue weighted by Crippen LogP contribution is 2.32. The molecule has 0 N–H and O–H groups in total. The maximum absolute atomic E-state index is 13.5. The summed E-state index contributed by atoms with van der Waals surface area (Å²) in [6.07, 6.45) is 4.63. The van der Waals surface area contributed by atoms with E-state index in [1.807, 2.05) is 43.3 Å². The predicted octanol–water partition coefficient (Wildman–Crippen LogP) is 4.39. The van der Waals surface area contributed by atoms with Gasteiger partial charge < -0.3 is 9.64 Å². The van der Waals surface area contributed by atoms with Crippen molar-refractivity contribution >= 4 is 32.6 Å². The molecule has 0 aliphatic heterocycles. The number of hydrogen-bond acceptors (Lipinski definition) is 5. The van der Waals surface area contributed by atoms with E-state index in [1.54, 1.807) is 7.11 Å². The molecular formula is C23H27N3O2S. The number of methoxy groups -OCH3 is 1. The van der Waals surface area contributed by atoms with Crippen molar-refractivity contribution < 1.29 is 9.53 Å². The highest BCUT2D eigenvalue weighted by molar-refractivity contribution is 7.22. The van der Waals surface area contributed by atoms with E-state index < -0.39 is 0 Å². The molecule has 1 aromatic heterocycles. The van der Waals surface area contributed by atoms with Gasteiger partial charge in [0, 0.05) is 18.7 Å². The van der Waals surface area contributed by atoms with Gasteiger partial charge in [-0.3, -0.25) is 9.69 Å². The van der Waals surface area contributed by atoms with E-state index in [0.29, 0.717) is 6.54 Å². The number of thiazole rings is 1. The molecule has 3 aromatic rings. The molecule has 0 radical (unpaired) electrons. The third kappa shape index (κ3) is 4.28. The van der Waals surface area contributed by atoms with Gasteiger partial charge in [0.1, 0.15) is 5.75 Å². The van der Waals surface area contributed by atoms with Gasteiger partial charge in [-0.1, -0.05) is 17.4 Å². The van der Waals surface area contributed by atoms with Crippen molar-refractivity contribution in [2.45, 2.75) is 25.7 Å². The fourth-order valence-corrected chi connectivity index (χ4v) is 4.76. The molecule has 1 heterocycles. The first-order valence-electron chi connectivity index (χ1n) is 10.1. The topological polar surface area (TPSA) is 45.7 Å². The summed E-state index contributed by atoms with van der Waals surface area (Å²) in [5.41, 5.74) is 4.35. The minimum Gasteiger partial charge on any atom is -0.497 e. The summed E-state index contributed by atoms with van der Waals surface area (Å²) in [6, 6.07) is 12.0. The summed E-state index contributed by atoms with van der Waals surface area (Å²) in [4.78, 5) is 22.2. The Morgan fingerprint density at radius 1 is 1.07 bits per heavy atom. The molecule has 1 aliphatic rings. The fourth-order valence-electron chi connectivity index (χ4n) is 3.74. The van der Waals surface area contributed by atoms with Crippen LogP contribution < -0.4 is 9.64 Å². The summed E-state index contributed by atoms with van der Waals surface area (Å²) in [6.45, 7) is 1.37. The smallest absolute Gasteiger partial charge is 0.260 e. The van der Waals surface area contributed by atoms with E-state index in [0.717, 1.165) is 46.0 Å². The van der Waals surface area contributed by atoms with Gasteiger partial charge in [-0.05, 0) is 81.2 Å². The lowest BCUT2D eigenvalue weighted by Gasteiger charge is -2.23. The van der Waals surface area contributed by atoms with E-state index in [-0.39, 0.29) is 5.91 Å². The first-order chi connectivity index (χ1) is 14.0. The van der Waals surface area contributed by atoms with Crippen LogP contribution in [0.3, 0.4) is 0 Å². The zero-order valence-electron chi connectivity index (χ0n) is 17.3. The van der Waals surface area contributed by atoms with Crippen molar-refractivity contribution in [3.05, 3.63) is 53.1 Å². The van der Waals surface area contributed by atoms with Crippen molar-refractivity contribution in [3.63, 3.8) is 0 Å². The first kappa shape index (κ1) is 19.9. The van der Waals surface area contributed by atoms with Crippen LogP contribution in [0, 0.1) is 0 Å². The Morgan fingerprint density at radius 3 is 2.62 bits per heavy atom. The van der Waals surface area contributed by atoms with E-state index >= 15 is 0 Å². The quantitative estimate of drug-likeness (QED) is 0.606. The number of anilines is 1. The number of rotatable bonds is 6. The van der Waals surface area contributed by atoms with E-state index in [1.165, 1.54) is 35.3 Å². The lowest BCUT2D eigenvalue weighted by Crippen LogP contribution is -2.36. The molecule has 152 valence electrons. The molecule has 0 spiro atoms. The minimum absolute atomic E-state index is 0.0197. The maximum Gasteiger partial charge on any atom is 0.260 e. The van der Waals surface area contributed by atoms with Crippen molar-refractivity contribution in [1.82, 2.24) is 9.88 Å². The molecule has 0 atom stereocenters.